The van der Waals surface area contributed by atoms with Crippen LogP contribution >= 0.6 is 0 Å². The van der Waals surface area contributed by atoms with Crippen molar-refractivity contribution >= 4 is 17.5 Å². The molecule has 0 spiro atoms. The number of rotatable bonds is 9. The smallest absolute Gasteiger partial charge is 0.218 e. The summed E-state index contributed by atoms with van der Waals surface area (Å²) in [5.74, 6) is 1.38. The van der Waals surface area contributed by atoms with Gasteiger partial charge in [0.15, 0.2) is 0 Å². The molecule has 1 aromatic rings. The molecule has 1 saturated heterocycles. The van der Waals surface area contributed by atoms with E-state index in [1.165, 1.54) is 0 Å². The third kappa shape index (κ3) is 6.72. The zero-order valence-electron chi connectivity index (χ0n) is 20.1. The average Bonchev–Trinajstić information content (AvgIpc) is 2.90. The minimum atomic E-state index is -0.416. The molecule has 1 aromatic heterocycles. The summed E-state index contributed by atoms with van der Waals surface area (Å²) in [4.78, 5) is 9.41. The van der Waals surface area contributed by atoms with Crippen molar-refractivity contribution in [1.29, 1.82) is 5.26 Å². The van der Waals surface area contributed by atoms with Gasteiger partial charge >= 0.3 is 0 Å². The molecule has 3 heterocycles. The molecule has 3 N–H and O–H groups in total. The highest BCUT2D eigenvalue weighted by molar-refractivity contribution is 6.08. The van der Waals surface area contributed by atoms with E-state index in [-0.39, 0.29) is 0 Å². The Hall–Kier alpha value is -2.61. The lowest BCUT2D eigenvalue weighted by Gasteiger charge is -2.30. The van der Waals surface area contributed by atoms with Crippen LogP contribution in [0.25, 0.3) is 0 Å². The molecule has 10 heteroatoms. The molecule has 0 atom stereocenters. The van der Waals surface area contributed by atoms with Crippen molar-refractivity contribution in [1.82, 2.24) is 20.8 Å². The number of methoxy groups -OCH3 is 1. The Labute approximate surface area is 201 Å². The SMILES string of the molecule is COCCNC1CCC(NC2=NCCC(c3cnnc(NCC4(C#N)CCOCC4)c3)=N2)CC1. The molecule has 184 valence electrons. The fourth-order valence-corrected chi connectivity index (χ4v) is 4.72. The van der Waals surface area contributed by atoms with E-state index in [1.807, 2.05) is 6.07 Å². The van der Waals surface area contributed by atoms with Gasteiger partial charge in [0.1, 0.15) is 5.82 Å². The Balaban J connectivity index is 1.31. The summed E-state index contributed by atoms with van der Waals surface area (Å²) >= 11 is 0. The highest BCUT2D eigenvalue weighted by Gasteiger charge is 2.32. The Morgan fingerprint density at radius 2 is 2.00 bits per heavy atom. The molecule has 2 fully saturated rings. The largest absolute Gasteiger partial charge is 0.383 e. The quantitative estimate of drug-likeness (QED) is 0.469. The first-order valence-corrected chi connectivity index (χ1v) is 12.4. The number of hydrogen-bond donors (Lipinski definition) is 3. The van der Waals surface area contributed by atoms with E-state index in [0.29, 0.717) is 50.2 Å². The van der Waals surface area contributed by atoms with Crippen LogP contribution in [0.15, 0.2) is 22.2 Å². The molecule has 4 rings (SSSR count). The molecule has 0 unspecified atom stereocenters. The van der Waals surface area contributed by atoms with E-state index >= 15 is 0 Å². The van der Waals surface area contributed by atoms with Gasteiger partial charge in [-0.3, -0.25) is 4.99 Å². The van der Waals surface area contributed by atoms with E-state index in [9.17, 15) is 5.26 Å². The first-order valence-electron chi connectivity index (χ1n) is 12.4. The summed E-state index contributed by atoms with van der Waals surface area (Å²) in [7, 11) is 1.73. The summed E-state index contributed by atoms with van der Waals surface area (Å²) in [6.45, 7) is 4.15. The number of nitrogens with zero attached hydrogens (tertiary/aromatic N) is 5. The minimum Gasteiger partial charge on any atom is -0.383 e. The van der Waals surface area contributed by atoms with Crippen LogP contribution in [0.1, 0.15) is 50.5 Å². The minimum absolute atomic E-state index is 0.400. The number of aliphatic imine (C=N–C) groups is 2. The van der Waals surface area contributed by atoms with Crippen LogP contribution in [0, 0.1) is 16.7 Å². The fourth-order valence-electron chi connectivity index (χ4n) is 4.72. The Morgan fingerprint density at radius 3 is 2.76 bits per heavy atom. The molecule has 1 aliphatic carbocycles. The highest BCUT2D eigenvalue weighted by Crippen LogP contribution is 2.30. The van der Waals surface area contributed by atoms with Gasteiger partial charge in [-0.25, -0.2) is 4.99 Å². The van der Waals surface area contributed by atoms with Gasteiger partial charge < -0.3 is 25.4 Å². The fraction of sp³-hybridized carbons (Fsp3) is 0.708. The first-order chi connectivity index (χ1) is 16.7. The molecule has 2 aliphatic heterocycles. The maximum Gasteiger partial charge on any atom is 0.218 e. The van der Waals surface area contributed by atoms with Gasteiger partial charge in [0.2, 0.25) is 5.96 Å². The molecular weight excluding hydrogens is 432 g/mol. The first kappa shape index (κ1) is 24.5. The second kappa shape index (κ2) is 12.2. The normalized spacial score (nSPS) is 24.5. The molecule has 0 bridgehead atoms. The summed E-state index contributed by atoms with van der Waals surface area (Å²) in [5.41, 5.74) is 1.49. The highest BCUT2D eigenvalue weighted by atomic mass is 16.5. The molecule has 3 aliphatic rings. The van der Waals surface area contributed by atoms with Gasteiger partial charge in [-0.1, -0.05) is 0 Å². The van der Waals surface area contributed by atoms with Crippen LogP contribution in [0.5, 0.6) is 0 Å². The van der Waals surface area contributed by atoms with Crippen LogP contribution in [0.4, 0.5) is 5.82 Å². The molecule has 34 heavy (non-hydrogen) atoms. The van der Waals surface area contributed by atoms with Gasteiger partial charge in [0, 0.05) is 64.0 Å². The Morgan fingerprint density at radius 1 is 1.21 bits per heavy atom. The molecule has 0 radical (unpaired) electrons. The van der Waals surface area contributed by atoms with E-state index in [1.54, 1.807) is 13.3 Å². The lowest BCUT2D eigenvalue weighted by Crippen LogP contribution is -2.43. The van der Waals surface area contributed by atoms with Crippen molar-refractivity contribution in [3.8, 4) is 6.07 Å². The van der Waals surface area contributed by atoms with E-state index in [2.05, 4.69) is 37.2 Å². The predicted octanol–water partition coefficient (Wildman–Crippen LogP) is 1.89. The number of anilines is 1. The van der Waals surface area contributed by atoms with Crippen LogP contribution in [0.2, 0.25) is 0 Å². The third-order valence-corrected chi connectivity index (χ3v) is 6.93. The Kier molecular flexibility index (Phi) is 8.79. The molecule has 0 aromatic carbocycles. The second-order valence-electron chi connectivity index (χ2n) is 9.34. The van der Waals surface area contributed by atoms with Crippen LogP contribution in [0.3, 0.4) is 0 Å². The number of aromatic nitrogens is 2. The molecule has 10 nitrogen and oxygen atoms in total. The van der Waals surface area contributed by atoms with Crippen molar-refractivity contribution < 1.29 is 9.47 Å². The van der Waals surface area contributed by atoms with Gasteiger partial charge in [0.05, 0.1) is 30.0 Å². The van der Waals surface area contributed by atoms with Gasteiger partial charge in [-0.05, 0) is 44.6 Å². The second-order valence-corrected chi connectivity index (χ2v) is 9.34. The van der Waals surface area contributed by atoms with Crippen molar-refractivity contribution in [2.24, 2.45) is 15.4 Å². The summed E-state index contributed by atoms with van der Waals surface area (Å²) in [5, 5.41) is 28.5. The summed E-state index contributed by atoms with van der Waals surface area (Å²) in [6.07, 6.45) is 8.47. The molecule has 0 amide bonds. The standard InChI is InChI=1S/C24H36N8O2/c1-33-13-10-26-19-2-4-20(5-3-19)30-23-27-9-6-21(31-23)18-14-22(32-29-15-18)28-17-24(16-25)7-11-34-12-8-24/h14-15,19-20,26H,2-13,17H2,1H3,(H,27,30)(H,28,32). The zero-order valence-corrected chi connectivity index (χ0v) is 20.1. The summed E-state index contributed by atoms with van der Waals surface area (Å²) < 4.78 is 10.5. The monoisotopic (exact) mass is 468 g/mol. The number of nitriles is 1. The third-order valence-electron chi connectivity index (χ3n) is 6.93. The lowest BCUT2D eigenvalue weighted by molar-refractivity contribution is 0.0455. The van der Waals surface area contributed by atoms with Crippen LogP contribution < -0.4 is 16.0 Å². The van der Waals surface area contributed by atoms with Crippen molar-refractivity contribution in [2.45, 2.75) is 57.0 Å². The van der Waals surface area contributed by atoms with E-state index < -0.39 is 5.41 Å². The van der Waals surface area contributed by atoms with E-state index in [4.69, 9.17) is 14.5 Å². The van der Waals surface area contributed by atoms with Gasteiger partial charge in [0.25, 0.3) is 0 Å². The van der Waals surface area contributed by atoms with Crippen molar-refractivity contribution in [3.05, 3.63) is 17.8 Å². The van der Waals surface area contributed by atoms with Crippen LogP contribution in [-0.4, -0.2) is 80.5 Å². The topological polar surface area (TPSA) is 129 Å². The molecule has 1 saturated carbocycles. The lowest BCUT2D eigenvalue weighted by atomic mass is 9.82. The zero-order chi connectivity index (χ0) is 23.6. The number of nitrogens with one attached hydrogen (secondary N) is 3. The summed E-state index contributed by atoms with van der Waals surface area (Å²) in [6, 6.07) is 5.41. The number of hydrogen-bond acceptors (Lipinski definition) is 10. The average molecular weight is 469 g/mol. The Bertz CT molecular complexity index is 898. The maximum absolute atomic E-state index is 9.68. The van der Waals surface area contributed by atoms with Gasteiger partial charge in [-0.2, -0.15) is 10.4 Å². The number of guanidine groups is 1. The predicted molar refractivity (Wildman–Crippen MR) is 131 cm³/mol. The molecular formula is C24H36N8O2. The van der Waals surface area contributed by atoms with Crippen LogP contribution in [-0.2, 0) is 9.47 Å². The van der Waals surface area contributed by atoms with Gasteiger partial charge in [-0.15, -0.1) is 5.10 Å². The van der Waals surface area contributed by atoms with Crippen molar-refractivity contribution in [3.63, 3.8) is 0 Å². The van der Waals surface area contributed by atoms with E-state index in [0.717, 1.165) is 69.4 Å². The maximum atomic E-state index is 9.68. The number of ether oxygens (including phenoxy) is 2. The van der Waals surface area contributed by atoms with Crippen molar-refractivity contribution in [2.75, 3.05) is 51.9 Å².